The van der Waals surface area contributed by atoms with Gasteiger partial charge in [-0.2, -0.15) is 0 Å². The zero-order valence-electron chi connectivity index (χ0n) is 8.47. The number of methoxy groups -OCH3 is 1. The summed E-state index contributed by atoms with van der Waals surface area (Å²) in [7, 11) is 1.36. The van der Waals surface area contributed by atoms with Gasteiger partial charge in [-0.25, -0.2) is 0 Å². The normalized spacial score (nSPS) is 12.8. The molecule has 0 aliphatic heterocycles. The largest absolute Gasteiger partial charge is 0.469 e. The minimum Gasteiger partial charge on any atom is -0.469 e. The molecule has 0 heterocycles. The summed E-state index contributed by atoms with van der Waals surface area (Å²) < 4.78 is 4.61. The van der Waals surface area contributed by atoms with Gasteiger partial charge in [-0.1, -0.05) is 0 Å². The van der Waals surface area contributed by atoms with Crippen LogP contribution in [0.3, 0.4) is 0 Å². The van der Waals surface area contributed by atoms with Gasteiger partial charge in [-0.15, -0.1) is 0 Å². The van der Waals surface area contributed by atoms with Crippen LogP contribution < -0.4 is 0 Å². The second kappa shape index (κ2) is 3.44. The standard InChI is InChI=1S/C9H18O3/c1-8(2,7(10)12-5)6-9(3,4)11/h11H,6H2,1-5H3. The summed E-state index contributed by atoms with van der Waals surface area (Å²) in [5.74, 6) is -0.287. The Bertz CT molecular complexity index is 165. The number of hydrogen-bond acceptors (Lipinski definition) is 3. The molecule has 0 aliphatic rings. The molecule has 12 heavy (non-hydrogen) atoms. The molecule has 0 rings (SSSR count). The fraction of sp³-hybridized carbons (Fsp3) is 0.889. The van der Waals surface area contributed by atoms with E-state index in [-0.39, 0.29) is 5.97 Å². The Balaban J connectivity index is 4.32. The minimum absolute atomic E-state index is 0.287. The highest BCUT2D eigenvalue weighted by atomic mass is 16.5. The van der Waals surface area contributed by atoms with Gasteiger partial charge in [0.25, 0.3) is 0 Å². The van der Waals surface area contributed by atoms with Crippen LogP contribution in [0.25, 0.3) is 0 Å². The molecule has 0 aromatic rings. The molecule has 1 N–H and O–H groups in total. The van der Waals surface area contributed by atoms with Crippen molar-refractivity contribution in [2.45, 2.75) is 39.7 Å². The average Bonchev–Trinajstić information content (AvgIpc) is 1.80. The minimum atomic E-state index is -0.836. The van der Waals surface area contributed by atoms with E-state index in [0.717, 1.165) is 0 Å². The number of aliphatic hydroxyl groups is 1. The van der Waals surface area contributed by atoms with E-state index < -0.39 is 11.0 Å². The maximum absolute atomic E-state index is 11.2. The topological polar surface area (TPSA) is 46.5 Å². The van der Waals surface area contributed by atoms with Crippen LogP contribution >= 0.6 is 0 Å². The Labute approximate surface area is 73.7 Å². The molecule has 0 spiro atoms. The lowest BCUT2D eigenvalue weighted by molar-refractivity contribution is -0.154. The summed E-state index contributed by atoms with van der Waals surface area (Å²) in [6.07, 6.45) is 0.396. The first kappa shape index (κ1) is 11.4. The van der Waals surface area contributed by atoms with Gasteiger partial charge >= 0.3 is 5.97 Å². The van der Waals surface area contributed by atoms with Gasteiger partial charge in [0.15, 0.2) is 0 Å². The van der Waals surface area contributed by atoms with Crippen LogP contribution in [0.2, 0.25) is 0 Å². The first-order valence-electron chi connectivity index (χ1n) is 4.00. The Hall–Kier alpha value is -0.570. The third-order valence-electron chi connectivity index (χ3n) is 1.61. The van der Waals surface area contributed by atoms with E-state index >= 15 is 0 Å². The third kappa shape index (κ3) is 3.72. The lowest BCUT2D eigenvalue weighted by Crippen LogP contribution is -2.34. The summed E-state index contributed by atoms with van der Waals surface area (Å²) in [6, 6.07) is 0. The Morgan fingerprint density at radius 3 is 2.00 bits per heavy atom. The van der Waals surface area contributed by atoms with Gasteiger partial charge in [-0.05, 0) is 34.1 Å². The van der Waals surface area contributed by atoms with Crippen molar-refractivity contribution in [3.05, 3.63) is 0 Å². The number of rotatable bonds is 3. The van der Waals surface area contributed by atoms with Crippen LogP contribution in [-0.4, -0.2) is 23.8 Å². The maximum atomic E-state index is 11.2. The number of hydrogen-bond donors (Lipinski definition) is 1. The van der Waals surface area contributed by atoms with E-state index in [4.69, 9.17) is 0 Å². The van der Waals surface area contributed by atoms with Gasteiger partial charge in [0.2, 0.25) is 0 Å². The SMILES string of the molecule is COC(=O)C(C)(C)CC(C)(C)O. The fourth-order valence-corrected chi connectivity index (χ4v) is 1.43. The summed E-state index contributed by atoms with van der Waals surface area (Å²) >= 11 is 0. The lowest BCUT2D eigenvalue weighted by Gasteiger charge is -2.28. The highest BCUT2D eigenvalue weighted by molar-refractivity contribution is 5.75. The quantitative estimate of drug-likeness (QED) is 0.657. The number of carbonyl (C=O) groups excluding carboxylic acids is 1. The Morgan fingerprint density at radius 2 is 1.75 bits per heavy atom. The monoisotopic (exact) mass is 174 g/mol. The summed E-state index contributed by atoms with van der Waals surface area (Å²) in [5, 5.41) is 9.49. The van der Waals surface area contributed by atoms with Crippen molar-refractivity contribution in [1.29, 1.82) is 0 Å². The van der Waals surface area contributed by atoms with E-state index in [2.05, 4.69) is 4.74 Å². The van der Waals surface area contributed by atoms with E-state index in [9.17, 15) is 9.90 Å². The molecule has 3 heteroatoms. The second-order valence-corrected chi connectivity index (χ2v) is 4.36. The first-order chi connectivity index (χ1) is 5.19. The summed E-state index contributed by atoms with van der Waals surface area (Å²) in [5.41, 5.74) is -1.45. The summed E-state index contributed by atoms with van der Waals surface area (Å²) in [4.78, 5) is 11.2. The van der Waals surface area contributed by atoms with Crippen molar-refractivity contribution < 1.29 is 14.6 Å². The Kier molecular flexibility index (Phi) is 3.27. The van der Waals surface area contributed by atoms with Crippen molar-refractivity contribution in [3.63, 3.8) is 0 Å². The van der Waals surface area contributed by atoms with Crippen molar-refractivity contribution in [2.75, 3.05) is 7.11 Å². The molecule has 0 radical (unpaired) electrons. The molecule has 0 atom stereocenters. The number of ether oxygens (including phenoxy) is 1. The second-order valence-electron chi connectivity index (χ2n) is 4.36. The molecule has 0 saturated carbocycles. The molecule has 0 aliphatic carbocycles. The molecule has 3 nitrogen and oxygen atoms in total. The zero-order valence-corrected chi connectivity index (χ0v) is 8.47. The summed E-state index contributed by atoms with van der Waals surface area (Å²) in [6.45, 7) is 6.88. The van der Waals surface area contributed by atoms with Crippen molar-refractivity contribution >= 4 is 5.97 Å². The van der Waals surface area contributed by atoms with Crippen molar-refractivity contribution in [2.24, 2.45) is 5.41 Å². The average molecular weight is 174 g/mol. The van der Waals surface area contributed by atoms with Gasteiger partial charge < -0.3 is 9.84 Å². The van der Waals surface area contributed by atoms with E-state index in [1.165, 1.54) is 7.11 Å². The van der Waals surface area contributed by atoms with Gasteiger partial charge in [0.05, 0.1) is 18.1 Å². The van der Waals surface area contributed by atoms with Crippen LogP contribution in [0.1, 0.15) is 34.1 Å². The molecular weight excluding hydrogens is 156 g/mol. The van der Waals surface area contributed by atoms with Crippen LogP contribution in [0, 0.1) is 5.41 Å². The molecular formula is C9H18O3. The highest BCUT2D eigenvalue weighted by Gasteiger charge is 2.34. The fourth-order valence-electron chi connectivity index (χ4n) is 1.43. The van der Waals surface area contributed by atoms with Crippen molar-refractivity contribution in [1.82, 2.24) is 0 Å². The molecule has 0 fully saturated rings. The number of carbonyl (C=O) groups is 1. The van der Waals surface area contributed by atoms with Crippen LogP contribution in [0.5, 0.6) is 0 Å². The van der Waals surface area contributed by atoms with Gasteiger partial charge in [-0.3, -0.25) is 4.79 Å². The molecule has 0 aromatic carbocycles. The van der Waals surface area contributed by atoms with E-state index in [1.54, 1.807) is 27.7 Å². The predicted octanol–water partition coefficient (Wildman–Crippen LogP) is 1.35. The highest BCUT2D eigenvalue weighted by Crippen LogP contribution is 2.28. The number of esters is 1. The molecule has 0 unspecified atom stereocenters. The van der Waals surface area contributed by atoms with E-state index in [1.807, 2.05) is 0 Å². The van der Waals surface area contributed by atoms with Gasteiger partial charge in [0.1, 0.15) is 0 Å². The lowest BCUT2D eigenvalue weighted by atomic mass is 9.82. The third-order valence-corrected chi connectivity index (χ3v) is 1.61. The van der Waals surface area contributed by atoms with Crippen LogP contribution in [0.4, 0.5) is 0 Å². The predicted molar refractivity (Wildman–Crippen MR) is 46.7 cm³/mol. The van der Waals surface area contributed by atoms with Crippen LogP contribution in [-0.2, 0) is 9.53 Å². The molecule has 0 saturated heterocycles. The molecule has 72 valence electrons. The zero-order chi connectivity index (χ0) is 9.99. The smallest absolute Gasteiger partial charge is 0.311 e. The molecule has 0 bridgehead atoms. The first-order valence-corrected chi connectivity index (χ1v) is 4.00. The van der Waals surface area contributed by atoms with Crippen molar-refractivity contribution in [3.8, 4) is 0 Å². The molecule has 0 aromatic heterocycles. The van der Waals surface area contributed by atoms with Gasteiger partial charge in [0, 0.05) is 0 Å². The maximum Gasteiger partial charge on any atom is 0.311 e. The molecule has 0 amide bonds. The van der Waals surface area contributed by atoms with E-state index in [0.29, 0.717) is 6.42 Å². The van der Waals surface area contributed by atoms with Crippen LogP contribution in [0.15, 0.2) is 0 Å². The Morgan fingerprint density at radius 1 is 1.33 bits per heavy atom.